The molecule has 0 spiro atoms. The van der Waals surface area contributed by atoms with Crippen molar-refractivity contribution in [2.24, 2.45) is 11.8 Å². The molecule has 3 fully saturated rings. The first kappa shape index (κ1) is 20.3. The second-order valence-corrected chi connectivity index (χ2v) is 12.0. The Hall–Kier alpha value is -1.96. The summed E-state index contributed by atoms with van der Waals surface area (Å²) >= 11 is 0. The predicted molar refractivity (Wildman–Crippen MR) is 116 cm³/mol. The van der Waals surface area contributed by atoms with Gasteiger partial charge in [-0.1, -0.05) is 0 Å². The molecule has 0 radical (unpaired) electrons. The lowest BCUT2D eigenvalue weighted by molar-refractivity contribution is 0.196. The van der Waals surface area contributed by atoms with Crippen molar-refractivity contribution in [1.82, 2.24) is 10.2 Å². The van der Waals surface area contributed by atoms with Crippen molar-refractivity contribution in [2.45, 2.75) is 26.3 Å². The average Bonchev–Trinajstić information content (AvgIpc) is 3.20. The predicted octanol–water partition coefficient (Wildman–Crippen LogP) is 1.80. The fourth-order valence-electron chi connectivity index (χ4n) is 4.61. The van der Waals surface area contributed by atoms with Gasteiger partial charge in [0.1, 0.15) is 0 Å². The van der Waals surface area contributed by atoms with E-state index in [1.165, 1.54) is 5.69 Å². The van der Waals surface area contributed by atoms with Crippen molar-refractivity contribution >= 4 is 27.2 Å². The van der Waals surface area contributed by atoms with Crippen LogP contribution in [0.15, 0.2) is 24.3 Å². The lowest BCUT2D eigenvalue weighted by atomic mass is 10.0. The van der Waals surface area contributed by atoms with Gasteiger partial charge in [0.05, 0.1) is 11.5 Å². The number of sulfone groups is 1. The van der Waals surface area contributed by atoms with Gasteiger partial charge >= 0.3 is 6.03 Å². The highest BCUT2D eigenvalue weighted by molar-refractivity contribution is 7.91. The molecule has 0 bridgehead atoms. The summed E-state index contributed by atoms with van der Waals surface area (Å²) in [5.74, 6) is 1.52. The quantitative estimate of drug-likeness (QED) is 0.790. The molecule has 2 atom stereocenters. The molecule has 1 aromatic rings. The van der Waals surface area contributed by atoms with Gasteiger partial charge in [-0.25, -0.2) is 13.2 Å². The fraction of sp³-hybridized carbons (Fsp3) is 0.667. The second-order valence-electron chi connectivity index (χ2n) is 9.67. The second kappa shape index (κ2) is 7.38. The highest BCUT2D eigenvalue weighted by Gasteiger charge is 2.42. The molecule has 0 saturated carbocycles. The molecule has 3 heterocycles. The highest BCUT2D eigenvalue weighted by Crippen LogP contribution is 2.34. The van der Waals surface area contributed by atoms with Crippen LogP contribution in [0.4, 0.5) is 16.2 Å². The third-order valence-electron chi connectivity index (χ3n) is 6.18. The molecule has 3 aliphatic heterocycles. The van der Waals surface area contributed by atoms with Crippen molar-refractivity contribution in [3.05, 3.63) is 24.3 Å². The van der Waals surface area contributed by atoms with Crippen LogP contribution in [-0.2, 0) is 9.84 Å². The van der Waals surface area contributed by atoms with Crippen LogP contribution >= 0.6 is 0 Å². The number of hydrogen-bond donors (Lipinski definition) is 1. The van der Waals surface area contributed by atoms with Crippen LogP contribution < -0.4 is 15.1 Å². The maximum Gasteiger partial charge on any atom is 0.317 e. The normalized spacial score (nSPS) is 26.5. The first-order valence-electron chi connectivity index (χ1n) is 10.5. The average molecular weight is 421 g/mol. The van der Waals surface area contributed by atoms with E-state index in [2.05, 4.69) is 39.4 Å². The SMILES string of the molecule is CC(C)(C)NC(=O)N1CC2CN(c3ccc(N4CCS(=O)(=O)CC4)cc3)CC2C1. The first-order valence-corrected chi connectivity index (χ1v) is 12.3. The van der Waals surface area contributed by atoms with Gasteiger partial charge in [-0.2, -0.15) is 0 Å². The number of nitrogens with zero attached hydrogens (tertiary/aromatic N) is 3. The molecule has 3 aliphatic rings. The number of carbonyl (C=O) groups excluding carboxylic acids is 1. The Labute approximate surface area is 174 Å². The zero-order valence-electron chi connectivity index (χ0n) is 17.6. The Morgan fingerprint density at radius 2 is 1.38 bits per heavy atom. The maximum absolute atomic E-state index is 12.4. The Kier molecular flexibility index (Phi) is 5.17. The number of anilines is 2. The van der Waals surface area contributed by atoms with Gasteiger partial charge in [0, 0.05) is 68.0 Å². The Morgan fingerprint density at radius 3 is 1.86 bits per heavy atom. The van der Waals surface area contributed by atoms with Gasteiger partial charge in [0.25, 0.3) is 0 Å². The number of urea groups is 1. The van der Waals surface area contributed by atoms with E-state index >= 15 is 0 Å². The van der Waals surface area contributed by atoms with Gasteiger partial charge < -0.3 is 20.0 Å². The molecule has 4 rings (SSSR count). The number of hydrogen-bond acceptors (Lipinski definition) is 5. The van der Waals surface area contributed by atoms with E-state index in [4.69, 9.17) is 0 Å². The summed E-state index contributed by atoms with van der Waals surface area (Å²) in [7, 11) is -2.86. The zero-order chi connectivity index (χ0) is 20.8. The molecular formula is C21H32N4O3S. The minimum Gasteiger partial charge on any atom is -0.371 e. The largest absolute Gasteiger partial charge is 0.371 e. The maximum atomic E-state index is 12.4. The number of nitrogens with one attached hydrogen (secondary N) is 1. The number of amides is 2. The molecule has 29 heavy (non-hydrogen) atoms. The Morgan fingerprint density at radius 1 is 0.897 bits per heavy atom. The number of rotatable bonds is 2. The number of carbonyl (C=O) groups is 1. The van der Waals surface area contributed by atoms with E-state index in [0.717, 1.165) is 31.9 Å². The molecule has 2 amide bonds. The lowest BCUT2D eigenvalue weighted by Gasteiger charge is -2.29. The third-order valence-corrected chi connectivity index (χ3v) is 7.79. The molecule has 1 aromatic carbocycles. The van der Waals surface area contributed by atoms with Crippen molar-refractivity contribution in [2.75, 3.05) is 60.6 Å². The van der Waals surface area contributed by atoms with E-state index in [9.17, 15) is 13.2 Å². The number of benzene rings is 1. The van der Waals surface area contributed by atoms with Crippen molar-refractivity contribution in [3.8, 4) is 0 Å². The van der Waals surface area contributed by atoms with Gasteiger partial charge in [-0.15, -0.1) is 0 Å². The molecular weight excluding hydrogens is 388 g/mol. The van der Waals surface area contributed by atoms with Crippen LogP contribution in [-0.4, -0.2) is 75.7 Å². The first-order chi connectivity index (χ1) is 13.6. The molecule has 8 heteroatoms. The lowest BCUT2D eigenvalue weighted by Crippen LogP contribution is -2.48. The van der Waals surface area contributed by atoms with E-state index in [0.29, 0.717) is 24.9 Å². The summed E-state index contributed by atoms with van der Waals surface area (Å²) in [6, 6.07) is 8.54. The summed E-state index contributed by atoms with van der Waals surface area (Å²) in [5, 5.41) is 3.07. The number of fused-ring (bicyclic) bond motifs is 1. The molecule has 1 N–H and O–H groups in total. The minimum absolute atomic E-state index is 0.0475. The zero-order valence-corrected chi connectivity index (χ0v) is 18.4. The monoisotopic (exact) mass is 420 g/mol. The van der Waals surface area contributed by atoms with E-state index in [-0.39, 0.29) is 23.1 Å². The van der Waals surface area contributed by atoms with E-state index in [1.807, 2.05) is 25.7 Å². The highest BCUT2D eigenvalue weighted by atomic mass is 32.2. The van der Waals surface area contributed by atoms with Crippen molar-refractivity contribution < 1.29 is 13.2 Å². The minimum atomic E-state index is -2.86. The summed E-state index contributed by atoms with van der Waals surface area (Å²) in [5.41, 5.74) is 2.09. The van der Waals surface area contributed by atoms with Gasteiger partial charge in [0.15, 0.2) is 9.84 Å². The summed E-state index contributed by atoms with van der Waals surface area (Å²) < 4.78 is 23.2. The molecule has 160 valence electrons. The summed E-state index contributed by atoms with van der Waals surface area (Å²) in [4.78, 5) is 19.0. The van der Waals surface area contributed by atoms with Crippen molar-refractivity contribution in [3.63, 3.8) is 0 Å². The molecule has 0 aromatic heterocycles. The molecule has 7 nitrogen and oxygen atoms in total. The van der Waals surface area contributed by atoms with Crippen LogP contribution in [0.2, 0.25) is 0 Å². The van der Waals surface area contributed by atoms with Crippen LogP contribution in [0.1, 0.15) is 20.8 Å². The van der Waals surface area contributed by atoms with E-state index < -0.39 is 9.84 Å². The Bertz CT molecular complexity index is 835. The van der Waals surface area contributed by atoms with Gasteiger partial charge in [-0.05, 0) is 45.0 Å². The fourth-order valence-corrected chi connectivity index (χ4v) is 5.82. The topological polar surface area (TPSA) is 73.0 Å². The molecule has 0 aliphatic carbocycles. The van der Waals surface area contributed by atoms with Crippen molar-refractivity contribution in [1.29, 1.82) is 0 Å². The Balaban J connectivity index is 1.32. The summed E-state index contributed by atoms with van der Waals surface area (Å²) in [6.45, 7) is 10.8. The van der Waals surface area contributed by atoms with Gasteiger partial charge in [0.2, 0.25) is 0 Å². The molecule has 3 saturated heterocycles. The van der Waals surface area contributed by atoms with Crippen LogP contribution in [0.3, 0.4) is 0 Å². The molecule has 2 unspecified atom stereocenters. The van der Waals surface area contributed by atoms with E-state index in [1.54, 1.807) is 0 Å². The van der Waals surface area contributed by atoms with Crippen LogP contribution in [0.25, 0.3) is 0 Å². The van der Waals surface area contributed by atoms with Crippen LogP contribution in [0, 0.1) is 11.8 Å². The smallest absolute Gasteiger partial charge is 0.317 e. The standard InChI is InChI=1S/C21H32N4O3S/c1-21(2,3)22-20(26)25-14-16-12-24(13-17(16)15-25)19-6-4-18(5-7-19)23-8-10-29(27,28)11-9-23/h4-7,16-17H,8-15H2,1-3H3,(H,22,26). The number of likely N-dealkylation sites (tertiary alicyclic amines) is 1. The third kappa shape index (κ3) is 4.63. The van der Waals surface area contributed by atoms with Gasteiger partial charge in [-0.3, -0.25) is 0 Å². The summed E-state index contributed by atoms with van der Waals surface area (Å²) in [6.07, 6.45) is 0. The van der Waals surface area contributed by atoms with Crippen LogP contribution in [0.5, 0.6) is 0 Å².